The van der Waals surface area contributed by atoms with Gasteiger partial charge in [-0.15, -0.1) is 0 Å². The summed E-state index contributed by atoms with van der Waals surface area (Å²) in [4.78, 5) is 11.1. The third kappa shape index (κ3) is 2.38. The standard InChI is InChI=1S/C14H11BrO3/c1-18-13-5-3-2-4-10(13)9-6-7-12(15)11(8-9)14(16)17/h2-8H,1H3,(H,16,17). The number of benzene rings is 2. The molecule has 2 aromatic carbocycles. The van der Waals surface area contributed by atoms with Gasteiger partial charge in [-0.3, -0.25) is 0 Å². The molecule has 1 N–H and O–H groups in total. The zero-order valence-electron chi connectivity index (χ0n) is 9.68. The molecule has 0 saturated heterocycles. The number of carbonyl (C=O) groups is 1. The van der Waals surface area contributed by atoms with E-state index < -0.39 is 5.97 Å². The fourth-order valence-corrected chi connectivity index (χ4v) is 2.16. The number of aromatic carboxylic acids is 1. The normalized spacial score (nSPS) is 10.1. The zero-order chi connectivity index (χ0) is 13.1. The highest BCUT2D eigenvalue weighted by Gasteiger charge is 2.11. The summed E-state index contributed by atoms with van der Waals surface area (Å²) < 4.78 is 5.83. The van der Waals surface area contributed by atoms with Crippen LogP contribution in [0.1, 0.15) is 10.4 Å². The Kier molecular flexibility index (Phi) is 3.67. The second-order valence-electron chi connectivity index (χ2n) is 3.70. The van der Waals surface area contributed by atoms with Gasteiger partial charge in [0.05, 0.1) is 12.7 Å². The van der Waals surface area contributed by atoms with E-state index in [9.17, 15) is 4.79 Å². The molecule has 0 fully saturated rings. The average Bonchev–Trinajstić information content (AvgIpc) is 2.39. The Labute approximate surface area is 113 Å². The highest BCUT2D eigenvalue weighted by molar-refractivity contribution is 9.10. The Morgan fingerprint density at radius 1 is 1.22 bits per heavy atom. The lowest BCUT2D eigenvalue weighted by atomic mass is 10.0. The quantitative estimate of drug-likeness (QED) is 0.937. The first kappa shape index (κ1) is 12.6. The molecule has 0 aromatic heterocycles. The number of halogens is 1. The molecule has 0 unspecified atom stereocenters. The van der Waals surface area contributed by atoms with E-state index in [1.54, 1.807) is 19.2 Å². The average molecular weight is 307 g/mol. The molecule has 4 heteroatoms. The summed E-state index contributed by atoms with van der Waals surface area (Å²) in [5, 5.41) is 9.10. The Hall–Kier alpha value is -1.81. The molecule has 0 radical (unpaired) electrons. The zero-order valence-corrected chi connectivity index (χ0v) is 11.3. The van der Waals surface area contributed by atoms with E-state index in [1.807, 2.05) is 30.3 Å². The summed E-state index contributed by atoms with van der Waals surface area (Å²) in [6, 6.07) is 12.7. The van der Waals surface area contributed by atoms with Crippen LogP contribution in [-0.2, 0) is 0 Å². The maximum absolute atomic E-state index is 11.1. The smallest absolute Gasteiger partial charge is 0.336 e. The van der Waals surface area contributed by atoms with Gasteiger partial charge in [0.2, 0.25) is 0 Å². The van der Waals surface area contributed by atoms with Gasteiger partial charge in [-0.25, -0.2) is 4.79 Å². The molecule has 0 heterocycles. The van der Waals surface area contributed by atoms with E-state index in [4.69, 9.17) is 9.84 Å². The van der Waals surface area contributed by atoms with E-state index in [0.29, 0.717) is 4.47 Å². The molecule has 0 aliphatic carbocycles. The number of hydrogen-bond donors (Lipinski definition) is 1. The van der Waals surface area contributed by atoms with Gasteiger partial charge < -0.3 is 9.84 Å². The fourth-order valence-electron chi connectivity index (χ4n) is 1.74. The van der Waals surface area contributed by atoms with Crippen LogP contribution in [0.2, 0.25) is 0 Å². The van der Waals surface area contributed by atoms with Crippen LogP contribution in [0, 0.1) is 0 Å². The molecule has 0 atom stereocenters. The van der Waals surface area contributed by atoms with E-state index in [2.05, 4.69) is 15.9 Å². The largest absolute Gasteiger partial charge is 0.496 e. The highest BCUT2D eigenvalue weighted by atomic mass is 79.9. The van der Waals surface area contributed by atoms with Crippen molar-refractivity contribution in [3.05, 3.63) is 52.5 Å². The molecule has 0 aliphatic rings. The van der Waals surface area contributed by atoms with Crippen LogP contribution in [0.3, 0.4) is 0 Å². The Morgan fingerprint density at radius 3 is 2.61 bits per heavy atom. The van der Waals surface area contributed by atoms with Crippen molar-refractivity contribution in [2.75, 3.05) is 7.11 Å². The molecular formula is C14H11BrO3. The minimum Gasteiger partial charge on any atom is -0.496 e. The molecule has 0 spiro atoms. The van der Waals surface area contributed by atoms with E-state index in [-0.39, 0.29) is 5.56 Å². The van der Waals surface area contributed by atoms with Crippen LogP contribution in [-0.4, -0.2) is 18.2 Å². The van der Waals surface area contributed by atoms with Gasteiger partial charge in [0.1, 0.15) is 5.75 Å². The lowest BCUT2D eigenvalue weighted by Crippen LogP contribution is -1.98. The SMILES string of the molecule is COc1ccccc1-c1ccc(Br)c(C(=O)O)c1. The van der Waals surface area contributed by atoms with Crippen molar-refractivity contribution in [2.45, 2.75) is 0 Å². The maximum atomic E-state index is 11.1. The summed E-state index contributed by atoms with van der Waals surface area (Å²) in [7, 11) is 1.59. The second-order valence-corrected chi connectivity index (χ2v) is 4.55. The van der Waals surface area contributed by atoms with Gasteiger partial charge in [-0.1, -0.05) is 24.3 Å². The summed E-state index contributed by atoms with van der Waals surface area (Å²) in [6.45, 7) is 0. The van der Waals surface area contributed by atoms with Crippen molar-refractivity contribution >= 4 is 21.9 Å². The minimum atomic E-state index is -0.960. The molecule has 92 valence electrons. The van der Waals surface area contributed by atoms with Crippen LogP contribution < -0.4 is 4.74 Å². The third-order valence-corrected chi connectivity index (χ3v) is 3.31. The number of rotatable bonds is 3. The maximum Gasteiger partial charge on any atom is 0.336 e. The van der Waals surface area contributed by atoms with Gasteiger partial charge in [0, 0.05) is 10.0 Å². The van der Waals surface area contributed by atoms with Gasteiger partial charge in [-0.05, 0) is 39.7 Å². The molecule has 2 rings (SSSR count). The van der Waals surface area contributed by atoms with Crippen LogP contribution in [0.5, 0.6) is 5.75 Å². The molecule has 0 amide bonds. The first-order valence-corrected chi connectivity index (χ1v) is 6.09. The van der Waals surface area contributed by atoms with Crippen LogP contribution in [0.25, 0.3) is 11.1 Å². The van der Waals surface area contributed by atoms with Gasteiger partial charge in [0.25, 0.3) is 0 Å². The summed E-state index contributed by atoms with van der Waals surface area (Å²) in [5.41, 5.74) is 1.92. The van der Waals surface area contributed by atoms with Gasteiger partial charge in [-0.2, -0.15) is 0 Å². The first-order chi connectivity index (χ1) is 8.63. The first-order valence-electron chi connectivity index (χ1n) is 5.29. The molecule has 3 nitrogen and oxygen atoms in total. The second kappa shape index (κ2) is 5.23. The molecule has 18 heavy (non-hydrogen) atoms. The fraction of sp³-hybridized carbons (Fsp3) is 0.0714. The lowest BCUT2D eigenvalue weighted by Gasteiger charge is -2.09. The van der Waals surface area contributed by atoms with Gasteiger partial charge >= 0.3 is 5.97 Å². The summed E-state index contributed by atoms with van der Waals surface area (Å²) in [6.07, 6.45) is 0. The van der Waals surface area contributed by atoms with Crippen molar-refractivity contribution in [3.63, 3.8) is 0 Å². The van der Waals surface area contributed by atoms with Gasteiger partial charge in [0.15, 0.2) is 0 Å². The Balaban J connectivity index is 2.58. The predicted octanol–water partition coefficient (Wildman–Crippen LogP) is 3.82. The molecular weight excluding hydrogens is 296 g/mol. The van der Waals surface area contributed by atoms with Crippen molar-refractivity contribution in [1.29, 1.82) is 0 Å². The molecule has 0 aliphatic heterocycles. The summed E-state index contributed by atoms with van der Waals surface area (Å²) >= 11 is 3.23. The number of carboxylic acids is 1. The van der Waals surface area contributed by atoms with Crippen molar-refractivity contribution < 1.29 is 14.6 Å². The van der Waals surface area contributed by atoms with Crippen LogP contribution in [0.4, 0.5) is 0 Å². The molecule has 2 aromatic rings. The van der Waals surface area contributed by atoms with E-state index >= 15 is 0 Å². The van der Waals surface area contributed by atoms with E-state index in [0.717, 1.165) is 16.9 Å². The third-order valence-electron chi connectivity index (χ3n) is 2.61. The monoisotopic (exact) mass is 306 g/mol. The Morgan fingerprint density at radius 2 is 1.94 bits per heavy atom. The van der Waals surface area contributed by atoms with Crippen molar-refractivity contribution in [3.8, 4) is 16.9 Å². The van der Waals surface area contributed by atoms with E-state index in [1.165, 1.54) is 0 Å². The number of ether oxygens (including phenoxy) is 1. The minimum absolute atomic E-state index is 0.235. The topological polar surface area (TPSA) is 46.5 Å². The molecule has 0 saturated carbocycles. The summed E-state index contributed by atoms with van der Waals surface area (Å²) in [5.74, 6) is -0.241. The lowest BCUT2D eigenvalue weighted by molar-refractivity contribution is 0.0696. The number of carboxylic acid groups (broad SMARTS) is 1. The highest BCUT2D eigenvalue weighted by Crippen LogP contribution is 2.32. The Bertz CT molecular complexity index is 593. The van der Waals surface area contributed by atoms with Crippen LogP contribution >= 0.6 is 15.9 Å². The molecule has 0 bridgehead atoms. The van der Waals surface area contributed by atoms with Crippen molar-refractivity contribution in [2.24, 2.45) is 0 Å². The number of methoxy groups -OCH3 is 1. The predicted molar refractivity (Wildman–Crippen MR) is 73.1 cm³/mol. The van der Waals surface area contributed by atoms with Crippen LogP contribution in [0.15, 0.2) is 46.9 Å². The number of para-hydroxylation sites is 1. The number of hydrogen-bond acceptors (Lipinski definition) is 2. The van der Waals surface area contributed by atoms with Crippen molar-refractivity contribution in [1.82, 2.24) is 0 Å².